The molecule has 0 saturated heterocycles. The second-order valence-corrected chi connectivity index (χ2v) is 5.10. The third-order valence-electron chi connectivity index (χ3n) is 3.20. The van der Waals surface area contributed by atoms with E-state index in [1.54, 1.807) is 0 Å². The number of rotatable bonds is 11. The highest BCUT2D eigenvalue weighted by Gasteiger charge is 2.20. The van der Waals surface area contributed by atoms with Crippen molar-refractivity contribution in [3.63, 3.8) is 0 Å². The van der Waals surface area contributed by atoms with E-state index in [-0.39, 0.29) is 5.57 Å². The monoisotopic (exact) mass is 304 g/mol. The smallest absolute Gasteiger partial charge is 0.339 e. The van der Waals surface area contributed by atoms with Crippen molar-refractivity contribution in [3.05, 3.63) is 11.8 Å². The summed E-state index contributed by atoms with van der Waals surface area (Å²) in [5.74, 6) is -0.344. The van der Waals surface area contributed by atoms with Gasteiger partial charge in [-0.1, -0.05) is 33.1 Å². The molecule has 3 N–H and O–H groups in total. The Morgan fingerprint density at radius 2 is 1.95 bits per heavy atom. The van der Waals surface area contributed by atoms with Gasteiger partial charge in [0.1, 0.15) is 6.10 Å². The minimum Gasteiger partial charge on any atom is -0.500 e. The van der Waals surface area contributed by atoms with Crippen LogP contribution in [0.4, 0.5) is 0 Å². The van der Waals surface area contributed by atoms with Crippen molar-refractivity contribution < 1.29 is 29.6 Å². The van der Waals surface area contributed by atoms with Crippen LogP contribution in [0.1, 0.15) is 46.5 Å². The van der Waals surface area contributed by atoms with Crippen LogP contribution in [0.15, 0.2) is 11.8 Å². The molecule has 0 bridgehead atoms. The fourth-order valence-corrected chi connectivity index (χ4v) is 1.63. The molecule has 124 valence electrons. The van der Waals surface area contributed by atoms with Gasteiger partial charge in [0.25, 0.3) is 0 Å². The molecule has 0 spiro atoms. The Morgan fingerprint density at radius 3 is 2.48 bits per heavy atom. The summed E-state index contributed by atoms with van der Waals surface area (Å²) in [6.45, 7) is 5.57. The Morgan fingerprint density at radius 1 is 1.29 bits per heavy atom. The van der Waals surface area contributed by atoms with Crippen LogP contribution in [0.25, 0.3) is 0 Å². The third-order valence-corrected chi connectivity index (χ3v) is 3.20. The number of hydrogen-bond acceptors (Lipinski definition) is 6. The fourth-order valence-electron chi connectivity index (χ4n) is 1.63. The summed E-state index contributed by atoms with van der Waals surface area (Å²) in [7, 11) is 0. The Bertz CT molecular complexity index is 315. The van der Waals surface area contributed by atoms with Crippen molar-refractivity contribution in [2.24, 2.45) is 5.92 Å². The number of carbonyl (C=O) groups is 1. The summed E-state index contributed by atoms with van der Waals surface area (Å²) >= 11 is 0. The Kier molecular flexibility index (Phi) is 10.9. The highest BCUT2D eigenvalue weighted by Crippen LogP contribution is 2.13. The molecule has 0 saturated carbocycles. The molecule has 6 heteroatoms. The molecular weight excluding hydrogens is 276 g/mol. The lowest BCUT2D eigenvalue weighted by Crippen LogP contribution is -2.33. The van der Waals surface area contributed by atoms with Crippen molar-refractivity contribution in [2.75, 3.05) is 13.2 Å². The zero-order chi connectivity index (χ0) is 16.3. The molecule has 0 aliphatic heterocycles. The van der Waals surface area contributed by atoms with E-state index in [2.05, 4.69) is 18.6 Å². The molecule has 0 radical (unpaired) electrons. The van der Waals surface area contributed by atoms with E-state index in [1.165, 1.54) is 13.2 Å². The van der Waals surface area contributed by atoms with Gasteiger partial charge in [-0.05, 0) is 19.3 Å². The predicted octanol–water partition coefficient (Wildman–Crippen LogP) is 1.34. The Labute approximate surface area is 126 Å². The van der Waals surface area contributed by atoms with E-state index in [0.717, 1.165) is 25.7 Å². The topological polar surface area (TPSA) is 96.2 Å². The zero-order valence-corrected chi connectivity index (χ0v) is 13.1. The van der Waals surface area contributed by atoms with Gasteiger partial charge in [-0.15, -0.1) is 0 Å². The molecule has 3 atom stereocenters. The van der Waals surface area contributed by atoms with Crippen molar-refractivity contribution in [2.45, 2.75) is 58.8 Å². The van der Waals surface area contributed by atoms with Gasteiger partial charge >= 0.3 is 5.97 Å². The van der Waals surface area contributed by atoms with Crippen LogP contribution in [0.5, 0.6) is 0 Å². The first-order valence-corrected chi connectivity index (χ1v) is 7.42. The number of carbonyl (C=O) groups excluding carboxylic acids is 1. The fraction of sp³-hybridized carbons (Fsp3) is 0.800. The van der Waals surface area contributed by atoms with Crippen molar-refractivity contribution in [1.82, 2.24) is 0 Å². The molecule has 6 nitrogen and oxygen atoms in total. The van der Waals surface area contributed by atoms with Crippen LogP contribution < -0.4 is 0 Å². The lowest BCUT2D eigenvalue weighted by atomic mass is 10.0. The molecule has 21 heavy (non-hydrogen) atoms. The predicted molar refractivity (Wildman–Crippen MR) is 78.2 cm³/mol. The molecule has 0 fully saturated rings. The van der Waals surface area contributed by atoms with Crippen LogP contribution in [0, 0.1) is 5.92 Å². The molecule has 0 aromatic heterocycles. The van der Waals surface area contributed by atoms with Crippen LogP contribution in [-0.2, 0) is 14.3 Å². The summed E-state index contributed by atoms with van der Waals surface area (Å²) in [4.78, 5) is 11.6. The summed E-state index contributed by atoms with van der Waals surface area (Å²) in [5.41, 5.74) is 0.185. The highest BCUT2D eigenvalue weighted by molar-refractivity contribution is 5.87. The molecule has 0 rings (SSSR count). The number of aliphatic hydroxyl groups excluding tert-OH is 3. The van der Waals surface area contributed by atoms with E-state index < -0.39 is 25.0 Å². The summed E-state index contributed by atoms with van der Waals surface area (Å²) in [6.07, 6.45) is 2.43. The van der Waals surface area contributed by atoms with Crippen molar-refractivity contribution in [3.8, 4) is 0 Å². The first-order valence-electron chi connectivity index (χ1n) is 7.42. The first kappa shape index (κ1) is 19.9. The maximum absolute atomic E-state index is 11.6. The van der Waals surface area contributed by atoms with Gasteiger partial charge in [0.05, 0.1) is 25.0 Å². The summed E-state index contributed by atoms with van der Waals surface area (Å²) < 4.78 is 9.95. The molecule has 0 aromatic rings. The Hall–Kier alpha value is -1.11. The maximum Gasteiger partial charge on any atom is 0.339 e. The van der Waals surface area contributed by atoms with Crippen LogP contribution in [-0.4, -0.2) is 46.9 Å². The SMILES string of the molecule is CCCCC(CC)CO/C=C(\C)C(=O)OC(O)C(O)CO. The number of hydrogen-bond donors (Lipinski definition) is 3. The normalized spacial score (nSPS) is 16.2. The van der Waals surface area contributed by atoms with E-state index in [9.17, 15) is 9.90 Å². The van der Waals surface area contributed by atoms with Gasteiger partial charge in [0.15, 0.2) is 0 Å². The summed E-state index contributed by atoms with van der Waals surface area (Å²) in [5, 5.41) is 27.0. The zero-order valence-electron chi connectivity index (χ0n) is 13.1. The van der Waals surface area contributed by atoms with Gasteiger partial charge in [-0.25, -0.2) is 4.79 Å². The van der Waals surface area contributed by atoms with E-state index >= 15 is 0 Å². The quantitative estimate of drug-likeness (QED) is 0.231. The average molecular weight is 304 g/mol. The van der Waals surface area contributed by atoms with Crippen LogP contribution in [0.2, 0.25) is 0 Å². The molecular formula is C15H28O6. The average Bonchev–Trinajstić information content (AvgIpc) is 2.49. The Balaban J connectivity index is 4.18. The molecule has 0 amide bonds. The van der Waals surface area contributed by atoms with Gasteiger partial charge in [0.2, 0.25) is 6.29 Å². The standard InChI is InChI=1S/C15H28O6/c1-4-6-7-12(5-2)10-20-9-11(3)14(18)21-15(19)13(17)8-16/h9,12-13,15-17,19H,4-8,10H2,1-3H3/b11-9+. The van der Waals surface area contributed by atoms with Crippen molar-refractivity contribution in [1.29, 1.82) is 0 Å². The minimum absolute atomic E-state index is 0.185. The molecule has 0 heterocycles. The third kappa shape index (κ3) is 8.70. The van der Waals surface area contributed by atoms with Crippen molar-refractivity contribution >= 4 is 5.97 Å². The van der Waals surface area contributed by atoms with Gasteiger partial charge < -0.3 is 24.8 Å². The number of unbranched alkanes of at least 4 members (excludes halogenated alkanes) is 1. The highest BCUT2D eigenvalue weighted by atomic mass is 16.6. The minimum atomic E-state index is -1.75. The van der Waals surface area contributed by atoms with Gasteiger partial charge in [-0.3, -0.25) is 0 Å². The van der Waals surface area contributed by atoms with E-state index in [1.807, 2.05) is 0 Å². The second kappa shape index (κ2) is 11.5. The molecule has 3 unspecified atom stereocenters. The second-order valence-electron chi connectivity index (χ2n) is 5.10. The van der Waals surface area contributed by atoms with E-state index in [4.69, 9.17) is 14.9 Å². The van der Waals surface area contributed by atoms with Gasteiger partial charge in [0, 0.05) is 0 Å². The lowest BCUT2D eigenvalue weighted by molar-refractivity contribution is -0.186. The number of aliphatic hydroxyl groups is 3. The van der Waals surface area contributed by atoms with E-state index in [0.29, 0.717) is 12.5 Å². The van der Waals surface area contributed by atoms with Gasteiger partial charge in [-0.2, -0.15) is 0 Å². The number of ether oxygens (including phenoxy) is 2. The molecule has 0 aliphatic rings. The summed E-state index contributed by atoms with van der Waals surface area (Å²) in [6, 6.07) is 0. The maximum atomic E-state index is 11.6. The van der Waals surface area contributed by atoms with Crippen LogP contribution in [0.3, 0.4) is 0 Å². The number of esters is 1. The largest absolute Gasteiger partial charge is 0.500 e. The lowest BCUT2D eigenvalue weighted by Gasteiger charge is -2.16. The molecule has 0 aromatic carbocycles. The molecule has 0 aliphatic carbocycles. The first-order chi connectivity index (χ1) is 9.96. The van der Waals surface area contributed by atoms with Crippen LogP contribution >= 0.6 is 0 Å².